The topological polar surface area (TPSA) is 97.8 Å². The van der Waals surface area contributed by atoms with E-state index in [-0.39, 0.29) is 11.3 Å². The molecular weight excluding hydrogens is 464 g/mol. The second-order valence-corrected chi connectivity index (χ2v) is 8.90. The zero-order valence-electron chi connectivity index (χ0n) is 20.3. The molecule has 3 aliphatic rings. The van der Waals surface area contributed by atoms with Gasteiger partial charge in [-0.05, 0) is 30.7 Å². The number of likely N-dealkylation sites (tertiary alicyclic amines) is 1. The third kappa shape index (κ3) is 4.64. The average Bonchev–Trinajstić information content (AvgIpc) is 3.17. The molecule has 2 saturated heterocycles. The molecule has 1 amide bonds. The van der Waals surface area contributed by atoms with E-state index in [1.54, 1.807) is 36.3 Å². The minimum Gasteiger partial charge on any atom is -0.507 e. The van der Waals surface area contributed by atoms with Crippen molar-refractivity contribution in [3.8, 4) is 17.2 Å². The second kappa shape index (κ2) is 10.6. The fourth-order valence-corrected chi connectivity index (χ4v) is 4.96. The first-order valence-corrected chi connectivity index (χ1v) is 12.2. The normalized spacial score (nSPS) is 21.6. The van der Waals surface area contributed by atoms with Crippen molar-refractivity contribution in [3.63, 3.8) is 0 Å². The summed E-state index contributed by atoms with van der Waals surface area (Å²) in [6.07, 6.45) is 0.683. The van der Waals surface area contributed by atoms with E-state index in [2.05, 4.69) is 4.90 Å². The van der Waals surface area contributed by atoms with Gasteiger partial charge in [-0.15, -0.1) is 0 Å². The molecule has 2 fully saturated rings. The Hall–Kier alpha value is -3.56. The van der Waals surface area contributed by atoms with E-state index in [1.807, 2.05) is 18.2 Å². The minimum absolute atomic E-state index is 0.0348. The number of amides is 1. The van der Waals surface area contributed by atoms with Crippen LogP contribution in [0.4, 0.5) is 0 Å². The lowest BCUT2D eigenvalue weighted by atomic mass is 9.94. The largest absolute Gasteiger partial charge is 0.507 e. The second-order valence-electron chi connectivity index (χ2n) is 8.90. The third-order valence-electron chi connectivity index (χ3n) is 6.77. The summed E-state index contributed by atoms with van der Waals surface area (Å²) in [6, 6.07) is 11.5. The zero-order valence-corrected chi connectivity index (χ0v) is 20.3. The number of hydrogen-bond donors (Lipinski definition) is 1. The summed E-state index contributed by atoms with van der Waals surface area (Å²) < 4.78 is 22.2. The number of hydrogen-bond acceptors (Lipinski definition) is 8. The van der Waals surface area contributed by atoms with E-state index in [0.29, 0.717) is 67.8 Å². The number of morpholine rings is 1. The highest BCUT2D eigenvalue weighted by Crippen LogP contribution is 2.43. The molecule has 9 heteroatoms. The number of ketones is 1. The van der Waals surface area contributed by atoms with Crippen molar-refractivity contribution in [2.24, 2.45) is 0 Å². The molecule has 9 nitrogen and oxygen atoms in total. The number of methoxy groups -OCH3 is 1. The van der Waals surface area contributed by atoms with Crippen LogP contribution in [-0.4, -0.2) is 86.3 Å². The number of ether oxygens (including phenoxy) is 4. The van der Waals surface area contributed by atoms with Crippen LogP contribution in [0.5, 0.6) is 17.2 Å². The molecule has 0 radical (unpaired) electrons. The summed E-state index contributed by atoms with van der Waals surface area (Å²) in [6.45, 7) is 5.07. The number of carbonyl (C=O) groups excluding carboxylic acids is 2. The van der Waals surface area contributed by atoms with Crippen molar-refractivity contribution in [3.05, 3.63) is 59.2 Å². The summed E-state index contributed by atoms with van der Waals surface area (Å²) >= 11 is 0. The third-order valence-corrected chi connectivity index (χ3v) is 6.77. The lowest BCUT2D eigenvalue weighted by Gasteiger charge is -2.29. The summed E-state index contributed by atoms with van der Waals surface area (Å²) in [5, 5.41) is 11.4. The monoisotopic (exact) mass is 494 g/mol. The van der Waals surface area contributed by atoms with Crippen LogP contribution in [0.2, 0.25) is 0 Å². The van der Waals surface area contributed by atoms with Crippen molar-refractivity contribution in [1.29, 1.82) is 0 Å². The van der Waals surface area contributed by atoms with Gasteiger partial charge in [0.1, 0.15) is 24.7 Å². The molecule has 0 aliphatic carbocycles. The Morgan fingerprint density at radius 3 is 2.53 bits per heavy atom. The predicted molar refractivity (Wildman–Crippen MR) is 131 cm³/mol. The van der Waals surface area contributed by atoms with E-state index in [4.69, 9.17) is 18.9 Å². The summed E-state index contributed by atoms with van der Waals surface area (Å²) in [4.78, 5) is 30.4. The van der Waals surface area contributed by atoms with Crippen molar-refractivity contribution in [2.75, 3.05) is 59.7 Å². The summed E-state index contributed by atoms with van der Waals surface area (Å²) in [5.74, 6) is -0.00858. The summed E-state index contributed by atoms with van der Waals surface area (Å²) in [5.41, 5.74) is 1.06. The molecule has 0 saturated carbocycles. The molecule has 0 aromatic heterocycles. The minimum atomic E-state index is -0.779. The number of benzene rings is 2. The van der Waals surface area contributed by atoms with Crippen molar-refractivity contribution < 1.29 is 33.6 Å². The molecule has 1 N–H and O–H groups in total. The van der Waals surface area contributed by atoms with Crippen LogP contribution in [0.15, 0.2) is 48.0 Å². The highest BCUT2D eigenvalue weighted by Gasteiger charge is 2.46. The van der Waals surface area contributed by atoms with Gasteiger partial charge in [0, 0.05) is 37.3 Å². The van der Waals surface area contributed by atoms with Gasteiger partial charge in [0.25, 0.3) is 11.7 Å². The lowest BCUT2D eigenvalue weighted by molar-refractivity contribution is -0.140. The molecule has 3 heterocycles. The molecule has 0 bridgehead atoms. The van der Waals surface area contributed by atoms with Gasteiger partial charge in [0.15, 0.2) is 11.5 Å². The highest BCUT2D eigenvalue weighted by molar-refractivity contribution is 6.46. The maximum atomic E-state index is 13.3. The number of aliphatic hydroxyl groups is 1. The van der Waals surface area contributed by atoms with Crippen LogP contribution in [0.25, 0.3) is 5.76 Å². The SMILES string of the molecule is COc1ccccc1[C@@H]1/C(=C(\O)c2ccc3c(c2)OCCO3)C(=O)C(=O)N1CCCN1CCOCC1. The fraction of sp³-hybridized carbons (Fsp3) is 0.407. The van der Waals surface area contributed by atoms with Gasteiger partial charge < -0.3 is 29.0 Å². The average molecular weight is 495 g/mol. The Kier molecular flexibility index (Phi) is 7.11. The van der Waals surface area contributed by atoms with E-state index in [1.165, 1.54) is 0 Å². The van der Waals surface area contributed by atoms with Crippen molar-refractivity contribution in [2.45, 2.75) is 12.5 Å². The molecule has 3 aliphatic heterocycles. The Balaban J connectivity index is 1.51. The quantitative estimate of drug-likeness (QED) is 0.357. The standard InChI is InChI=1S/C27H30N2O7/c1-33-20-6-3-2-5-19(20)24-23(25(30)18-7-8-21-22(17-18)36-16-15-35-21)26(31)27(32)29(24)10-4-9-28-11-13-34-14-12-28/h2-3,5-8,17,24,30H,4,9-16H2,1H3/b25-23+/t24-/m1/s1. The van der Waals surface area contributed by atoms with Gasteiger partial charge in [0.05, 0.1) is 31.9 Å². The number of para-hydroxylation sites is 1. The van der Waals surface area contributed by atoms with Crippen molar-refractivity contribution in [1.82, 2.24) is 9.80 Å². The molecule has 190 valence electrons. The first-order valence-electron chi connectivity index (χ1n) is 12.2. The number of carbonyl (C=O) groups is 2. The maximum absolute atomic E-state index is 13.3. The van der Waals surface area contributed by atoms with Gasteiger partial charge >= 0.3 is 0 Å². The number of fused-ring (bicyclic) bond motifs is 1. The number of rotatable bonds is 7. The van der Waals surface area contributed by atoms with E-state index >= 15 is 0 Å². The van der Waals surface area contributed by atoms with E-state index in [9.17, 15) is 14.7 Å². The van der Waals surface area contributed by atoms with Crippen LogP contribution < -0.4 is 14.2 Å². The van der Waals surface area contributed by atoms with Gasteiger partial charge in [0.2, 0.25) is 0 Å². The van der Waals surface area contributed by atoms with Gasteiger partial charge in [-0.2, -0.15) is 0 Å². The summed E-state index contributed by atoms with van der Waals surface area (Å²) in [7, 11) is 1.55. The zero-order chi connectivity index (χ0) is 25.1. The van der Waals surface area contributed by atoms with Crippen molar-refractivity contribution >= 4 is 17.4 Å². The molecule has 5 rings (SSSR count). The molecule has 2 aromatic carbocycles. The molecule has 0 spiro atoms. The Morgan fingerprint density at radius 1 is 1.00 bits per heavy atom. The van der Waals surface area contributed by atoms with Crippen LogP contribution in [0.3, 0.4) is 0 Å². The lowest BCUT2D eigenvalue weighted by Crippen LogP contribution is -2.39. The van der Waals surface area contributed by atoms with Gasteiger partial charge in [-0.1, -0.05) is 18.2 Å². The van der Waals surface area contributed by atoms with Crippen LogP contribution in [0.1, 0.15) is 23.6 Å². The smallest absolute Gasteiger partial charge is 0.295 e. The Morgan fingerprint density at radius 2 is 1.75 bits per heavy atom. The number of aliphatic hydroxyl groups excluding tert-OH is 1. The van der Waals surface area contributed by atoms with E-state index < -0.39 is 17.7 Å². The Labute approximate surface area is 209 Å². The van der Waals surface area contributed by atoms with Crippen LogP contribution in [-0.2, 0) is 14.3 Å². The molecular formula is C27H30N2O7. The first kappa shape index (κ1) is 24.1. The van der Waals surface area contributed by atoms with Crippen LogP contribution in [0, 0.1) is 0 Å². The van der Waals surface area contributed by atoms with Gasteiger partial charge in [-0.3, -0.25) is 14.5 Å². The number of nitrogens with zero attached hydrogens (tertiary/aromatic N) is 2. The predicted octanol–water partition coefficient (Wildman–Crippen LogP) is 2.61. The first-order chi connectivity index (χ1) is 17.6. The fourth-order valence-electron chi connectivity index (χ4n) is 4.96. The molecule has 36 heavy (non-hydrogen) atoms. The maximum Gasteiger partial charge on any atom is 0.295 e. The molecule has 0 unspecified atom stereocenters. The van der Waals surface area contributed by atoms with E-state index in [0.717, 1.165) is 19.6 Å². The Bertz CT molecular complexity index is 1170. The number of Topliss-reactive ketones (excluding diaryl/α,β-unsaturated/α-hetero) is 1. The van der Waals surface area contributed by atoms with Gasteiger partial charge in [-0.25, -0.2) is 0 Å². The van der Waals surface area contributed by atoms with Crippen LogP contribution >= 0.6 is 0 Å². The highest BCUT2D eigenvalue weighted by atomic mass is 16.6. The molecule has 2 aromatic rings. The molecule has 1 atom stereocenters.